The van der Waals surface area contributed by atoms with Crippen LogP contribution in [0, 0.1) is 6.92 Å². The molecule has 0 heterocycles. The van der Waals surface area contributed by atoms with E-state index in [9.17, 15) is 4.79 Å². The van der Waals surface area contributed by atoms with E-state index in [1.54, 1.807) is 11.9 Å². The van der Waals surface area contributed by atoms with Gasteiger partial charge >= 0.3 is 0 Å². The second-order valence-electron chi connectivity index (χ2n) is 4.36. The molecule has 1 amide bonds. The first-order valence-electron chi connectivity index (χ1n) is 5.54. The van der Waals surface area contributed by atoms with Crippen LogP contribution in [-0.4, -0.2) is 19.5 Å². The van der Waals surface area contributed by atoms with Crippen LogP contribution >= 0.6 is 0 Å². The Morgan fingerprint density at radius 3 is 2.56 bits per heavy atom. The normalized spacial score (nSPS) is 10.6. The summed E-state index contributed by atoms with van der Waals surface area (Å²) in [5, 5.41) is 0. The Hall–Kier alpha value is -1.35. The highest BCUT2D eigenvalue weighted by molar-refractivity contribution is 5.94. The van der Waals surface area contributed by atoms with Crippen molar-refractivity contribution in [3.63, 3.8) is 0 Å². The molecule has 0 bridgehead atoms. The van der Waals surface area contributed by atoms with Crippen LogP contribution in [0.15, 0.2) is 18.2 Å². The Kier molecular flexibility index (Phi) is 4.07. The van der Waals surface area contributed by atoms with Crippen molar-refractivity contribution in [3.05, 3.63) is 29.3 Å². The number of benzene rings is 1. The Labute approximate surface area is 97.2 Å². The third kappa shape index (κ3) is 2.61. The van der Waals surface area contributed by atoms with Crippen LogP contribution in [0.4, 0.5) is 5.69 Å². The molecule has 0 aliphatic heterocycles. The molecule has 0 spiro atoms. The summed E-state index contributed by atoms with van der Waals surface area (Å²) in [5.74, 6) is 0.393. The summed E-state index contributed by atoms with van der Waals surface area (Å²) in [6.07, 6.45) is 0. The number of anilines is 1. The smallest absolute Gasteiger partial charge is 0.240 e. The Balaban J connectivity index is 3.11. The van der Waals surface area contributed by atoms with Crippen molar-refractivity contribution < 1.29 is 4.79 Å². The van der Waals surface area contributed by atoms with Gasteiger partial charge in [-0.15, -0.1) is 0 Å². The third-order valence-electron chi connectivity index (χ3n) is 2.81. The van der Waals surface area contributed by atoms with Gasteiger partial charge in [0.1, 0.15) is 0 Å². The lowest BCUT2D eigenvalue weighted by molar-refractivity contribution is -0.117. The molecule has 2 N–H and O–H groups in total. The molecule has 0 aromatic heterocycles. The predicted octanol–water partition coefficient (Wildman–Crippen LogP) is 2.04. The van der Waals surface area contributed by atoms with Gasteiger partial charge in [-0.05, 0) is 30.0 Å². The van der Waals surface area contributed by atoms with Crippen LogP contribution in [0.3, 0.4) is 0 Å². The second-order valence-corrected chi connectivity index (χ2v) is 4.36. The van der Waals surface area contributed by atoms with Gasteiger partial charge in [0.25, 0.3) is 0 Å². The molecule has 0 saturated heterocycles. The van der Waals surface area contributed by atoms with Gasteiger partial charge < -0.3 is 10.6 Å². The maximum absolute atomic E-state index is 11.5. The van der Waals surface area contributed by atoms with E-state index in [4.69, 9.17) is 5.73 Å². The summed E-state index contributed by atoms with van der Waals surface area (Å²) in [5.41, 5.74) is 8.64. The Morgan fingerprint density at radius 1 is 1.44 bits per heavy atom. The molecule has 1 rings (SSSR count). The lowest BCUT2D eigenvalue weighted by Crippen LogP contribution is -2.33. The molecule has 0 saturated carbocycles. The van der Waals surface area contributed by atoms with Gasteiger partial charge in [0, 0.05) is 12.7 Å². The van der Waals surface area contributed by atoms with Crippen molar-refractivity contribution in [3.8, 4) is 0 Å². The van der Waals surface area contributed by atoms with E-state index in [1.165, 1.54) is 5.56 Å². The predicted molar refractivity (Wildman–Crippen MR) is 67.7 cm³/mol. The van der Waals surface area contributed by atoms with Gasteiger partial charge in [-0.25, -0.2) is 0 Å². The molecule has 0 aliphatic carbocycles. The van der Waals surface area contributed by atoms with Crippen molar-refractivity contribution in [2.75, 3.05) is 18.5 Å². The molecule has 88 valence electrons. The number of carbonyl (C=O) groups is 1. The first-order valence-corrected chi connectivity index (χ1v) is 5.54. The second kappa shape index (κ2) is 5.12. The number of nitrogens with two attached hydrogens (primary N) is 1. The average molecular weight is 220 g/mol. The molecule has 16 heavy (non-hydrogen) atoms. The molecular formula is C13H20N2O. The number of rotatable bonds is 3. The summed E-state index contributed by atoms with van der Waals surface area (Å²) in [4.78, 5) is 13.2. The molecular weight excluding hydrogens is 200 g/mol. The van der Waals surface area contributed by atoms with Gasteiger partial charge in [-0.1, -0.05) is 26.0 Å². The fourth-order valence-corrected chi connectivity index (χ4v) is 1.62. The minimum atomic E-state index is -0.0657. The Morgan fingerprint density at radius 2 is 2.06 bits per heavy atom. The largest absolute Gasteiger partial charge is 0.322 e. The summed E-state index contributed by atoms with van der Waals surface area (Å²) < 4.78 is 0. The molecule has 1 aromatic carbocycles. The molecule has 0 atom stereocenters. The van der Waals surface area contributed by atoms with Crippen LogP contribution < -0.4 is 10.6 Å². The van der Waals surface area contributed by atoms with E-state index >= 15 is 0 Å². The van der Waals surface area contributed by atoms with Gasteiger partial charge in [0.15, 0.2) is 0 Å². The van der Waals surface area contributed by atoms with E-state index in [2.05, 4.69) is 26.0 Å². The number of amides is 1. The van der Waals surface area contributed by atoms with Crippen molar-refractivity contribution in [1.29, 1.82) is 0 Å². The lowest BCUT2D eigenvalue weighted by Gasteiger charge is -2.20. The summed E-state index contributed by atoms with van der Waals surface area (Å²) in [7, 11) is 1.77. The maximum Gasteiger partial charge on any atom is 0.240 e. The van der Waals surface area contributed by atoms with Crippen LogP contribution in [0.2, 0.25) is 0 Å². The van der Waals surface area contributed by atoms with Crippen LogP contribution in [0.1, 0.15) is 30.9 Å². The van der Waals surface area contributed by atoms with Crippen molar-refractivity contribution >= 4 is 11.6 Å². The molecule has 1 aromatic rings. The van der Waals surface area contributed by atoms with Gasteiger partial charge in [-0.2, -0.15) is 0 Å². The van der Waals surface area contributed by atoms with Crippen LogP contribution in [0.25, 0.3) is 0 Å². The number of nitrogens with zero attached hydrogens (tertiary/aromatic N) is 1. The number of likely N-dealkylation sites (N-methyl/N-ethyl adjacent to an activating group) is 1. The maximum atomic E-state index is 11.5. The average Bonchev–Trinajstić information content (AvgIpc) is 2.27. The van der Waals surface area contributed by atoms with E-state index in [0.29, 0.717) is 5.92 Å². The monoisotopic (exact) mass is 220 g/mol. The molecule has 0 aliphatic rings. The third-order valence-corrected chi connectivity index (χ3v) is 2.81. The number of hydrogen-bond donors (Lipinski definition) is 1. The molecule has 3 nitrogen and oxygen atoms in total. The minimum Gasteiger partial charge on any atom is -0.322 e. The fourth-order valence-electron chi connectivity index (χ4n) is 1.62. The van der Waals surface area contributed by atoms with E-state index in [0.717, 1.165) is 11.3 Å². The first-order chi connectivity index (χ1) is 7.47. The zero-order valence-corrected chi connectivity index (χ0v) is 10.4. The number of aryl methyl sites for hydroxylation is 1. The van der Waals surface area contributed by atoms with E-state index in [-0.39, 0.29) is 12.5 Å². The van der Waals surface area contributed by atoms with Crippen molar-refractivity contribution in [2.24, 2.45) is 5.73 Å². The minimum absolute atomic E-state index is 0.0435. The quantitative estimate of drug-likeness (QED) is 0.847. The lowest BCUT2D eigenvalue weighted by atomic mass is 10.0. The van der Waals surface area contributed by atoms with E-state index in [1.807, 2.05) is 13.0 Å². The molecule has 0 unspecified atom stereocenters. The summed E-state index contributed by atoms with van der Waals surface area (Å²) in [6, 6.07) is 6.21. The Bertz CT molecular complexity index is 386. The van der Waals surface area contributed by atoms with E-state index < -0.39 is 0 Å². The van der Waals surface area contributed by atoms with Gasteiger partial charge in [-0.3, -0.25) is 4.79 Å². The van der Waals surface area contributed by atoms with Crippen LogP contribution in [0.5, 0.6) is 0 Å². The molecule has 0 radical (unpaired) electrons. The van der Waals surface area contributed by atoms with Crippen LogP contribution in [-0.2, 0) is 4.79 Å². The van der Waals surface area contributed by atoms with Gasteiger partial charge in [0.05, 0.1) is 6.54 Å². The highest BCUT2D eigenvalue weighted by atomic mass is 16.2. The molecule has 3 heteroatoms. The fraction of sp³-hybridized carbons (Fsp3) is 0.462. The van der Waals surface area contributed by atoms with Crippen molar-refractivity contribution in [2.45, 2.75) is 26.7 Å². The summed E-state index contributed by atoms with van der Waals surface area (Å²) in [6.45, 7) is 6.32. The summed E-state index contributed by atoms with van der Waals surface area (Å²) >= 11 is 0. The van der Waals surface area contributed by atoms with Crippen molar-refractivity contribution in [1.82, 2.24) is 0 Å². The number of hydrogen-bond acceptors (Lipinski definition) is 2. The zero-order valence-electron chi connectivity index (χ0n) is 10.4. The highest BCUT2D eigenvalue weighted by Crippen LogP contribution is 2.24. The number of carbonyl (C=O) groups excluding carboxylic acids is 1. The topological polar surface area (TPSA) is 46.3 Å². The zero-order chi connectivity index (χ0) is 12.3. The van der Waals surface area contributed by atoms with Gasteiger partial charge in [0.2, 0.25) is 5.91 Å². The SMILES string of the molecule is Cc1ccc(C(C)C)cc1N(C)C(=O)CN. The molecule has 0 fully saturated rings. The first kappa shape index (κ1) is 12.7. The highest BCUT2D eigenvalue weighted by Gasteiger charge is 2.12. The standard InChI is InChI=1S/C13H20N2O/c1-9(2)11-6-5-10(3)12(7-11)15(4)13(16)8-14/h5-7,9H,8,14H2,1-4H3.